The lowest BCUT2D eigenvalue weighted by molar-refractivity contribution is 0.618. The van der Waals surface area contributed by atoms with Gasteiger partial charge in [-0.3, -0.25) is 0 Å². The number of rotatable bonds is 5. The Kier molecular flexibility index (Phi) is 4.43. The summed E-state index contributed by atoms with van der Waals surface area (Å²) in [5.74, 6) is -0.312. The van der Waals surface area contributed by atoms with Crippen LogP contribution in [0.4, 0.5) is 4.39 Å². The highest BCUT2D eigenvalue weighted by molar-refractivity contribution is 9.10. The normalized spacial score (nSPS) is 10.8. The third kappa shape index (κ3) is 3.14. The maximum absolute atomic E-state index is 13.4. The molecule has 0 bridgehead atoms. The molecule has 18 heavy (non-hydrogen) atoms. The van der Waals surface area contributed by atoms with Gasteiger partial charge >= 0.3 is 0 Å². The molecule has 0 aliphatic heterocycles. The molecular weight excluding hydrogens is 299 g/mol. The van der Waals surface area contributed by atoms with Crippen LogP contribution in [-0.2, 0) is 6.42 Å². The molecule has 0 amide bonds. The number of aromatic nitrogens is 3. The molecule has 0 saturated heterocycles. The minimum Gasteiger partial charge on any atom is -0.330 e. The average molecular weight is 313 g/mol. The molecule has 1 aromatic heterocycles. The summed E-state index contributed by atoms with van der Waals surface area (Å²) < 4.78 is 15.4. The van der Waals surface area contributed by atoms with Crippen LogP contribution in [0.2, 0.25) is 0 Å². The number of nitrogens with two attached hydrogens (primary N) is 1. The number of hydrogen-bond acceptors (Lipinski definition) is 3. The largest absolute Gasteiger partial charge is 0.330 e. The van der Waals surface area contributed by atoms with Gasteiger partial charge < -0.3 is 5.73 Å². The van der Waals surface area contributed by atoms with Crippen LogP contribution in [0.25, 0.3) is 5.69 Å². The minimum absolute atomic E-state index is 0.312. The summed E-state index contributed by atoms with van der Waals surface area (Å²) in [7, 11) is 0. The van der Waals surface area contributed by atoms with E-state index >= 15 is 0 Å². The fraction of sp³-hybridized carbons (Fsp3) is 0.333. The Morgan fingerprint density at radius 2 is 2.17 bits per heavy atom. The monoisotopic (exact) mass is 312 g/mol. The summed E-state index contributed by atoms with van der Waals surface area (Å²) in [6.07, 6.45) is 4.62. The summed E-state index contributed by atoms with van der Waals surface area (Å²) in [5, 5.41) is 8.04. The molecule has 2 N–H and O–H groups in total. The van der Waals surface area contributed by atoms with Crippen molar-refractivity contribution < 1.29 is 4.39 Å². The van der Waals surface area contributed by atoms with Gasteiger partial charge in [0.05, 0.1) is 22.1 Å². The van der Waals surface area contributed by atoms with Gasteiger partial charge in [0.25, 0.3) is 0 Å². The molecule has 0 saturated carbocycles. The molecule has 1 aromatic carbocycles. The van der Waals surface area contributed by atoms with Gasteiger partial charge in [0.2, 0.25) is 0 Å². The van der Waals surface area contributed by atoms with Crippen LogP contribution in [0, 0.1) is 5.82 Å². The van der Waals surface area contributed by atoms with Crippen molar-refractivity contribution in [2.45, 2.75) is 19.3 Å². The van der Waals surface area contributed by atoms with E-state index in [0.717, 1.165) is 25.0 Å². The lowest BCUT2D eigenvalue weighted by atomic mass is 10.2. The van der Waals surface area contributed by atoms with Crippen LogP contribution in [0.1, 0.15) is 18.5 Å². The third-order valence-electron chi connectivity index (χ3n) is 2.60. The first-order chi connectivity index (χ1) is 8.70. The van der Waals surface area contributed by atoms with Crippen molar-refractivity contribution in [1.82, 2.24) is 15.0 Å². The van der Waals surface area contributed by atoms with E-state index in [1.165, 1.54) is 6.07 Å². The van der Waals surface area contributed by atoms with E-state index in [9.17, 15) is 4.39 Å². The van der Waals surface area contributed by atoms with Gasteiger partial charge in [-0.15, -0.1) is 5.10 Å². The van der Waals surface area contributed by atoms with Crippen LogP contribution >= 0.6 is 15.9 Å². The average Bonchev–Trinajstić information content (AvgIpc) is 2.82. The van der Waals surface area contributed by atoms with Gasteiger partial charge in [-0.05, 0) is 53.9 Å². The Bertz CT molecular complexity index is 527. The van der Waals surface area contributed by atoms with E-state index in [4.69, 9.17) is 5.73 Å². The van der Waals surface area contributed by atoms with Crippen molar-refractivity contribution in [1.29, 1.82) is 0 Å². The maximum Gasteiger partial charge on any atom is 0.139 e. The maximum atomic E-state index is 13.4. The number of hydrogen-bond donors (Lipinski definition) is 1. The highest BCUT2D eigenvalue weighted by atomic mass is 79.9. The second-order valence-electron chi connectivity index (χ2n) is 4.00. The molecule has 0 radical (unpaired) electrons. The molecule has 1 heterocycles. The first-order valence-corrected chi connectivity index (χ1v) is 6.56. The number of nitrogens with zero attached hydrogens (tertiary/aromatic N) is 3. The summed E-state index contributed by atoms with van der Waals surface area (Å²) in [5.41, 5.74) is 6.99. The predicted molar refractivity (Wildman–Crippen MR) is 71.0 cm³/mol. The number of benzene rings is 1. The fourth-order valence-electron chi connectivity index (χ4n) is 1.62. The zero-order valence-corrected chi connectivity index (χ0v) is 11.4. The third-order valence-corrected chi connectivity index (χ3v) is 3.24. The molecule has 6 heteroatoms. The summed E-state index contributed by atoms with van der Waals surface area (Å²) in [6.45, 7) is 0.687. The van der Waals surface area contributed by atoms with Crippen LogP contribution in [-0.4, -0.2) is 21.5 Å². The highest BCUT2D eigenvalue weighted by Crippen LogP contribution is 2.18. The Morgan fingerprint density at radius 1 is 1.33 bits per heavy atom. The van der Waals surface area contributed by atoms with Gasteiger partial charge in [-0.1, -0.05) is 5.21 Å². The van der Waals surface area contributed by atoms with Crippen LogP contribution in [0.5, 0.6) is 0 Å². The second-order valence-corrected chi connectivity index (χ2v) is 4.85. The molecule has 2 rings (SSSR count). The van der Waals surface area contributed by atoms with Crippen molar-refractivity contribution in [2.24, 2.45) is 5.73 Å². The lowest BCUT2D eigenvalue weighted by Gasteiger charge is -2.00. The van der Waals surface area contributed by atoms with Gasteiger partial charge in [0.1, 0.15) is 5.82 Å². The zero-order valence-electron chi connectivity index (χ0n) is 9.81. The van der Waals surface area contributed by atoms with Crippen molar-refractivity contribution in [3.8, 4) is 5.69 Å². The van der Waals surface area contributed by atoms with E-state index in [2.05, 4.69) is 26.2 Å². The molecule has 0 aliphatic rings. The second kappa shape index (κ2) is 6.06. The topological polar surface area (TPSA) is 56.7 Å². The van der Waals surface area contributed by atoms with Gasteiger partial charge in [0, 0.05) is 6.07 Å². The minimum atomic E-state index is -0.312. The van der Waals surface area contributed by atoms with E-state index in [1.807, 2.05) is 6.20 Å². The quantitative estimate of drug-likeness (QED) is 0.863. The fourth-order valence-corrected chi connectivity index (χ4v) is 1.86. The molecule has 0 unspecified atom stereocenters. The number of aryl methyl sites for hydroxylation is 1. The zero-order chi connectivity index (χ0) is 13.0. The summed E-state index contributed by atoms with van der Waals surface area (Å²) >= 11 is 3.12. The highest BCUT2D eigenvalue weighted by Gasteiger charge is 2.05. The molecule has 0 fully saturated rings. The Morgan fingerprint density at radius 3 is 2.89 bits per heavy atom. The first kappa shape index (κ1) is 13.2. The van der Waals surface area contributed by atoms with Gasteiger partial charge in [0.15, 0.2) is 0 Å². The Labute approximate surface area is 113 Å². The van der Waals surface area contributed by atoms with Crippen molar-refractivity contribution in [3.63, 3.8) is 0 Å². The smallest absolute Gasteiger partial charge is 0.139 e. The standard InChI is InChI=1S/C12H14BrFN4/c13-11-5-4-10(7-12(11)14)18-8-9(16-17-18)3-1-2-6-15/h4-5,7-8H,1-3,6,15H2. The molecule has 2 aromatic rings. The SMILES string of the molecule is NCCCCc1cn(-c2ccc(Br)c(F)c2)nn1. The number of halogens is 2. The molecule has 0 atom stereocenters. The molecule has 96 valence electrons. The van der Waals surface area contributed by atoms with E-state index in [0.29, 0.717) is 16.7 Å². The van der Waals surface area contributed by atoms with Crippen LogP contribution in [0.3, 0.4) is 0 Å². The molecular formula is C12H14BrFN4. The van der Waals surface area contributed by atoms with Crippen molar-refractivity contribution >= 4 is 15.9 Å². The van der Waals surface area contributed by atoms with Crippen molar-refractivity contribution in [3.05, 3.63) is 40.4 Å². The molecule has 0 spiro atoms. The number of unbranched alkanes of at least 4 members (excludes halogenated alkanes) is 1. The van der Waals surface area contributed by atoms with E-state index in [-0.39, 0.29) is 5.82 Å². The van der Waals surface area contributed by atoms with Crippen LogP contribution < -0.4 is 5.73 Å². The molecule has 4 nitrogen and oxygen atoms in total. The summed E-state index contributed by atoms with van der Waals surface area (Å²) in [6, 6.07) is 4.86. The Balaban J connectivity index is 2.11. The summed E-state index contributed by atoms with van der Waals surface area (Å²) in [4.78, 5) is 0. The lowest BCUT2D eigenvalue weighted by Crippen LogP contribution is -1.99. The van der Waals surface area contributed by atoms with Crippen molar-refractivity contribution in [2.75, 3.05) is 6.54 Å². The van der Waals surface area contributed by atoms with Gasteiger partial charge in [-0.25, -0.2) is 9.07 Å². The Hall–Kier alpha value is -1.27. The van der Waals surface area contributed by atoms with E-state index in [1.54, 1.807) is 16.8 Å². The first-order valence-electron chi connectivity index (χ1n) is 5.77. The predicted octanol–water partition coefficient (Wildman–Crippen LogP) is 2.45. The van der Waals surface area contributed by atoms with E-state index < -0.39 is 0 Å². The van der Waals surface area contributed by atoms with Crippen LogP contribution in [0.15, 0.2) is 28.9 Å². The molecule has 0 aliphatic carbocycles. The van der Waals surface area contributed by atoms with Gasteiger partial charge in [-0.2, -0.15) is 0 Å².